The molecule has 1 saturated carbocycles. The highest BCUT2D eigenvalue weighted by Crippen LogP contribution is 2.23. The Morgan fingerprint density at radius 2 is 1.78 bits per heavy atom. The number of nitrogens with one attached hydrogen (secondary N) is 2. The Balaban J connectivity index is 1.75. The maximum absolute atomic E-state index is 12.1. The standard InChI is InChI=1S/C16H23BrN2O3S/c1-12-2-6-14(7-3-12)19-16(20)10-11-18-23(21,22)15-8-4-13(17)5-9-15/h4-5,8-9,12,14,18H,2-3,6-7,10-11H2,1H3,(H,19,20). The molecule has 5 nitrogen and oxygen atoms in total. The number of hydrogen-bond donors (Lipinski definition) is 2. The molecular formula is C16H23BrN2O3S. The van der Waals surface area contributed by atoms with Crippen LogP contribution in [0, 0.1) is 5.92 Å². The zero-order chi connectivity index (χ0) is 16.9. The van der Waals surface area contributed by atoms with E-state index in [0.717, 1.165) is 36.1 Å². The zero-order valence-electron chi connectivity index (χ0n) is 13.2. The average molecular weight is 403 g/mol. The number of amides is 1. The molecule has 0 heterocycles. The first-order valence-corrected chi connectivity index (χ1v) is 10.2. The Hall–Kier alpha value is -0.920. The van der Waals surface area contributed by atoms with Gasteiger partial charge in [0.1, 0.15) is 0 Å². The summed E-state index contributed by atoms with van der Waals surface area (Å²) in [5.74, 6) is 0.643. The second-order valence-corrected chi connectivity index (χ2v) is 8.81. The van der Waals surface area contributed by atoms with E-state index in [4.69, 9.17) is 0 Å². The SMILES string of the molecule is CC1CCC(NC(=O)CCNS(=O)(=O)c2ccc(Br)cc2)CC1. The zero-order valence-corrected chi connectivity index (χ0v) is 15.6. The lowest BCUT2D eigenvalue weighted by molar-refractivity contribution is -0.121. The molecule has 2 rings (SSSR count). The number of hydrogen-bond acceptors (Lipinski definition) is 3. The van der Waals surface area contributed by atoms with Gasteiger partial charge in [0.15, 0.2) is 0 Å². The Labute approximate surface area is 146 Å². The molecule has 2 N–H and O–H groups in total. The summed E-state index contributed by atoms with van der Waals surface area (Å²) in [6.07, 6.45) is 4.46. The molecule has 0 unspecified atom stereocenters. The molecule has 0 atom stereocenters. The van der Waals surface area contributed by atoms with Crippen molar-refractivity contribution in [3.63, 3.8) is 0 Å². The predicted molar refractivity (Wildman–Crippen MR) is 93.5 cm³/mol. The third-order valence-electron chi connectivity index (χ3n) is 4.15. The number of sulfonamides is 1. The fraction of sp³-hybridized carbons (Fsp3) is 0.562. The van der Waals surface area contributed by atoms with Crippen molar-refractivity contribution in [1.82, 2.24) is 10.0 Å². The van der Waals surface area contributed by atoms with Gasteiger partial charge in [0.05, 0.1) is 4.90 Å². The van der Waals surface area contributed by atoms with E-state index in [1.54, 1.807) is 12.1 Å². The first-order chi connectivity index (χ1) is 10.9. The van der Waals surface area contributed by atoms with Crippen LogP contribution in [-0.4, -0.2) is 26.9 Å². The van der Waals surface area contributed by atoms with E-state index in [1.165, 1.54) is 12.1 Å². The van der Waals surface area contributed by atoms with Crippen LogP contribution in [0.3, 0.4) is 0 Å². The van der Waals surface area contributed by atoms with Crippen LogP contribution in [0.4, 0.5) is 0 Å². The van der Waals surface area contributed by atoms with Crippen molar-refractivity contribution in [2.75, 3.05) is 6.54 Å². The van der Waals surface area contributed by atoms with Gasteiger partial charge in [-0.2, -0.15) is 0 Å². The Morgan fingerprint density at radius 1 is 1.17 bits per heavy atom. The highest BCUT2D eigenvalue weighted by molar-refractivity contribution is 9.10. The predicted octanol–water partition coefficient (Wildman–Crippen LogP) is 2.81. The van der Waals surface area contributed by atoms with Gasteiger partial charge in [-0.25, -0.2) is 13.1 Å². The molecule has 1 aromatic carbocycles. The van der Waals surface area contributed by atoms with E-state index in [1.807, 2.05) is 0 Å². The van der Waals surface area contributed by atoms with E-state index in [-0.39, 0.29) is 29.8 Å². The van der Waals surface area contributed by atoms with E-state index in [2.05, 4.69) is 32.9 Å². The molecule has 0 aliphatic heterocycles. The number of carbonyl (C=O) groups is 1. The van der Waals surface area contributed by atoms with Gasteiger partial charge in [-0.15, -0.1) is 0 Å². The van der Waals surface area contributed by atoms with Crippen LogP contribution in [0.25, 0.3) is 0 Å². The first-order valence-electron chi connectivity index (χ1n) is 7.91. The van der Waals surface area contributed by atoms with Gasteiger partial charge in [-0.05, 0) is 55.9 Å². The molecular weight excluding hydrogens is 380 g/mol. The van der Waals surface area contributed by atoms with Gasteiger partial charge in [0.25, 0.3) is 0 Å². The monoisotopic (exact) mass is 402 g/mol. The molecule has 0 saturated heterocycles. The van der Waals surface area contributed by atoms with Gasteiger partial charge in [-0.3, -0.25) is 4.79 Å². The third kappa shape index (κ3) is 5.90. The summed E-state index contributed by atoms with van der Waals surface area (Å²) in [4.78, 5) is 12.1. The Bertz CT molecular complexity index is 623. The van der Waals surface area contributed by atoms with Crippen molar-refractivity contribution < 1.29 is 13.2 Å². The molecule has 23 heavy (non-hydrogen) atoms. The molecule has 1 aromatic rings. The topological polar surface area (TPSA) is 75.3 Å². The molecule has 0 bridgehead atoms. The van der Waals surface area contributed by atoms with Crippen molar-refractivity contribution >= 4 is 31.9 Å². The third-order valence-corrected chi connectivity index (χ3v) is 6.15. The van der Waals surface area contributed by atoms with Crippen molar-refractivity contribution in [2.45, 2.75) is 50.0 Å². The fourth-order valence-corrected chi connectivity index (χ4v) is 4.00. The number of carbonyl (C=O) groups excluding carboxylic acids is 1. The minimum atomic E-state index is -3.56. The van der Waals surface area contributed by atoms with E-state index < -0.39 is 10.0 Å². The maximum atomic E-state index is 12.1. The molecule has 1 aliphatic carbocycles. The lowest BCUT2D eigenvalue weighted by Gasteiger charge is -2.26. The normalized spacial score (nSPS) is 21.8. The lowest BCUT2D eigenvalue weighted by atomic mass is 9.87. The molecule has 128 valence electrons. The van der Waals surface area contributed by atoms with Crippen LogP contribution in [0.5, 0.6) is 0 Å². The van der Waals surface area contributed by atoms with E-state index in [0.29, 0.717) is 0 Å². The van der Waals surface area contributed by atoms with Gasteiger partial charge in [-0.1, -0.05) is 22.9 Å². The molecule has 1 amide bonds. The van der Waals surface area contributed by atoms with E-state index in [9.17, 15) is 13.2 Å². The number of benzene rings is 1. The van der Waals surface area contributed by atoms with Gasteiger partial charge >= 0.3 is 0 Å². The van der Waals surface area contributed by atoms with Gasteiger partial charge in [0, 0.05) is 23.5 Å². The molecule has 1 aliphatic rings. The lowest BCUT2D eigenvalue weighted by Crippen LogP contribution is -2.39. The summed E-state index contributed by atoms with van der Waals surface area (Å²) in [6, 6.07) is 6.63. The smallest absolute Gasteiger partial charge is 0.240 e. The summed E-state index contributed by atoms with van der Waals surface area (Å²) in [5, 5.41) is 2.99. The van der Waals surface area contributed by atoms with Gasteiger partial charge < -0.3 is 5.32 Å². The van der Waals surface area contributed by atoms with Crippen molar-refractivity contribution in [1.29, 1.82) is 0 Å². The minimum absolute atomic E-state index is 0.0944. The molecule has 0 radical (unpaired) electrons. The summed E-state index contributed by atoms with van der Waals surface area (Å²) in [6.45, 7) is 2.34. The highest BCUT2D eigenvalue weighted by atomic mass is 79.9. The minimum Gasteiger partial charge on any atom is -0.353 e. The van der Waals surface area contributed by atoms with Crippen LogP contribution < -0.4 is 10.0 Å². The summed E-state index contributed by atoms with van der Waals surface area (Å²) in [7, 11) is -3.56. The second kappa shape index (κ2) is 8.26. The highest BCUT2D eigenvalue weighted by Gasteiger charge is 2.20. The maximum Gasteiger partial charge on any atom is 0.240 e. The van der Waals surface area contributed by atoms with Crippen molar-refractivity contribution in [3.05, 3.63) is 28.7 Å². The summed E-state index contributed by atoms with van der Waals surface area (Å²) in [5.41, 5.74) is 0. The fourth-order valence-electron chi connectivity index (χ4n) is 2.70. The van der Waals surface area contributed by atoms with Crippen molar-refractivity contribution in [3.8, 4) is 0 Å². The van der Waals surface area contributed by atoms with Crippen LogP contribution in [0.15, 0.2) is 33.6 Å². The molecule has 0 aromatic heterocycles. The number of rotatable bonds is 6. The van der Waals surface area contributed by atoms with Gasteiger partial charge in [0.2, 0.25) is 15.9 Å². The Morgan fingerprint density at radius 3 is 2.39 bits per heavy atom. The molecule has 0 spiro atoms. The Kier molecular flexibility index (Phi) is 6.61. The number of halogens is 1. The van der Waals surface area contributed by atoms with Crippen LogP contribution in [0.2, 0.25) is 0 Å². The first kappa shape index (κ1) is 18.4. The van der Waals surface area contributed by atoms with Crippen LogP contribution in [0.1, 0.15) is 39.0 Å². The molecule has 7 heteroatoms. The quantitative estimate of drug-likeness (QED) is 0.767. The summed E-state index contributed by atoms with van der Waals surface area (Å²) >= 11 is 3.27. The summed E-state index contributed by atoms with van der Waals surface area (Å²) < 4.78 is 27.5. The van der Waals surface area contributed by atoms with Crippen LogP contribution >= 0.6 is 15.9 Å². The average Bonchev–Trinajstić information content (AvgIpc) is 2.50. The molecule has 1 fully saturated rings. The largest absolute Gasteiger partial charge is 0.353 e. The van der Waals surface area contributed by atoms with Crippen molar-refractivity contribution in [2.24, 2.45) is 5.92 Å². The van der Waals surface area contributed by atoms with E-state index >= 15 is 0 Å². The van der Waals surface area contributed by atoms with Crippen LogP contribution in [-0.2, 0) is 14.8 Å². The second-order valence-electron chi connectivity index (χ2n) is 6.13.